The van der Waals surface area contributed by atoms with Gasteiger partial charge in [-0.25, -0.2) is 23.4 Å². The highest BCUT2D eigenvalue weighted by atomic mass is 35.5. The van der Waals surface area contributed by atoms with Crippen LogP contribution in [0.15, 0.2) is 51.8 Å². The van der Waals surface area contributed by atoms with E-state index in [1.165, 1.54) is 6.20 Å². The number of nitrogens with one attached hydrogen (secondary N) is 3. The Hall–Kier alpha value is -4.20. The zero-order chi connectivity index (χ0) is 25.0. The fraction of sp³-hybridized carbons (Fsp3) is 0.0526. The number of halogens is 6. The molecule has 34 heavy (non-hydrogen) atoms. The largest absolute Gasteiger partial charge is 0.490 e. The van der Waals surface area contributed by atoms with Gasteiger partial charge in [-0.15, -0.1) is 0 Å². The molecule has 4 aromatic rings. The van der Waals surface area contributed by atoms with Gasteiger partial charge in [0.15, 0.2) is 11.4 Å². The van der Waals surface area contributed by atoms with Crippen LogP contribution in [0.1, 0.15) is 0 Å². The maximum atomic E-state index is 13.3. The summed E-state index contributed by atoms with van der Waals surface area (Å²) in [6.45, 7) is 0. The number of hydrogen-bond donors (Lipinski definition) is 4. The molecule has 0 atom stereocenters. The summed E-state index contributed by atoms with van der Waals surface area (Å²) in [5.41, 5.74) is 1.65. The van der Waals surface area contributed by atoms with Crippen molar-refractivity contribution in [3.8, 4) is 0 Å². The van der Waals surface area contributed by atoms with Gasteiger partial charge in [0.2, 0.25) is 5.95 Å². The summed E-state index contributed by atoms with van der Waals surface area (Å²) in [6, 6.07) is 7.91. The first kappa shape index (κ1) is 24.4. The van der Waals surface area contributed by atoms with Gasteiger partial charge in [0.25, 0.3) is 0 Å². The lowest BCUT2D eigenvalue weighted by atomic mass is 10.3. The predicted octanol–water partition coefficient (Wildman–Crippen LogP) is 4.96. The zero-order valence-corrected chi connectivity index (χ0v) is 17.1. The average Bonchev–Trinajstić information content (AvgIpc) is 3.09. The minimum atomic E-state index is -5.08. The molecule has 2 aromatic carbocycles. The first-order valence-corrected chi connectivity index (χ1v) is 9.24. The molecule has 0 saturated carbocycles. The molecule has 2 aromatic heterocycles. The van der Waals surface area contributed by atoms with E-state index in [1.807, 2.05) is 0 Å². The number of rotatable bonds is 4. The van der Waals surface area contributed by atoms with Gasteiger partial charge >= 0.3 is 17.9 Å². The summed E-state index contributed by atoms with van der Waals surface area (Å²) in [5.74, 6) is -4.43. The molecule has 0 bridgehead atoms. The Labute approximate surface area is 190 Å². The van der Waals surface area contributed by atoms with E-state index in [9.17, 15) is 26.7 Å². The van der Waals surface area contributed by atoms with Gasteiger partial charge in [0.05, 0.1) is 11.7 Å². The van der Waals surface area contributed by atoms with Gasteiger partial charge in [0.1, 0.15) is 16.7 Å². The van der Waals surface area contributed by atoms with Crippen molar-refractivity contribution in [2.75, 3.05) is 10.6 Å². The van der Waals surface area contributed by atoms with E-state index in [1.54, 1.807) is 18.2 Å². The molecule has 0 unspecified atom stereocenters. The summed E-state index contributed by atoms with van der Waals surface area (Å²) >= 11 is 6.11. The Balaban J connectivity index is 0.000000406. The zero-order valence-electron chi connectivity index (χ0n) is 16.4. The molecule has 0 radical (unpaired) electrons. The number of alkyl halides is 3. The first-order valence-electron chi connectivity index (χ1n) is 8.86. The summed E-state index contributed by atoms with van der Waals surface area (Å²) in [5, 5.41) is 13.0. The molecule has 15 heteroatoms. The van der Waals surface area contributed by atoms with Gasteiger partial charge in [-0.05, 0) is 30.3 Å². The van der Waals surface area contributed by atoms with Crippen LogP contribution in [0, 0.1) is 11.6 Å². The minimum Gasteiger partial charge on any atom is -0.475 e. The maximum absolute atomic E-state index is 13.3. The molecule has 0 aliphatic heterocycles. The summed E-state index contributed by atoms with van der Waals surface area (Å²) in [7, 11) is 0. The quantitative estimate of drug-likeness (QED) is 0.287. The number of carboxylic acids is 1. The Morgan fingerprint density at radius 2 is 1.71 bits per heavy atom. The third-order valence-electron chi connectivity index (χ3n) is 3.79. The minimum absolute atomic E-state index is 0.0877. The van der Waals surface area contributed by atoms with Crippen molar-refractivity contribution in [2.45, 2.75) is 6.18 Å². The smallest absolute Gasteiger partial charge is 0.475 e. The van der Waals surface area contributed by atoms with Gasteiger partial charge in [-0.2, -0.15) is 18.2 Å². The van der Waals surface area contributed by atoms with Crippen LogP contribution in [0.2, 0.25) is 5.02 Å². The fourth-order valence-electron chi connectivity index (χ4n) is 2.44. The summed E-state index contributed by atoms with van der Waals surface area (Å²) in [6.07, 6.45) is -3.74. The van der Waals surface area contributed by atoms with E-state index in [0.29, 0.717) is 16.8 Å². The molecule has 2 heterocycles. The van der Waals surface area contributed by atoms with Crippen molar-refractivity contribution < 1.29 is 36.3 Å². The molecule has 4 N–H and O–H groups in total. The van der Waals surface area contributed by atoms with Crippen LogP contribution in [0.4, 0.5) is 45.1 Å². The lowest BCUT2D eigenvalue weighted by molar-refractivity contribution is -0.192. The molecule has 9 nitrogen and oxygen atoms in total. The Morgan fingerprint density at radius 3 is 2.32 bits per heavy atom. The van der Waals surface area contributed by atoms with Gasteiger partial charge < -0.3 is 20.2 Å². The number of aromatic amines is 1. The monoisotopic (exact) mass is 503 g/mol. The van der Waals surface area contributed by atoms with E-state index in [4.69, 9.17) is 25.9 Å². The standard InChI is InChI=1S/C17H10ClF2N5O2.C2HF3O2/c18-12-7-21-16(23-11-4-8(19)3-9(20)5-11)25-15(12)22-10-1-2-14-13(6-10)24-17(26)27-14;3-2(4,5)1(6)7/h1-7H,(H,24,26)(H2,21,22,23,25);(H,6,7). The van der Waals surface area contributed by atoms with E-state index in [2.05, 4.69) is 25.6 Å². The van der Waals surface area contributed by atoms with Crippen LogP contribution in [0.3, 0.4) is 0 Å². The number of aromatic nitrogens is 3. The van der Waals surface area contributed by atoms with E-state index >= 15 is 0 Å². The Bertz CT molecular complexity index is 1390. The SMILES string of the molecule is O=C(O)C(F)(F)F.O=c1[nH]c2cc(Nc3nc(Nc4cc(F)cc(F)c4)ncc3Cl)ccc2o1. The van der Waals surface area contributed by atoms with Crippen LogP contribution in [0.5, 0.6) is 0 Å². The molecule has 0 spiro atoms. The second-order valence-corrected chi connectivity index (χ2v) is 6.73. The fourth-order valence-corrected chi connectivity index (χ4v) is 2.57. The predicted molar refractivity (Wildman–Crippen MR) is 110 cm³/mol. The summed E-state index contributed by atoms with van der Waals surface area (Å²) < 4.78 is 63.3. The van der Waals surface area contributed by atoms with Gasteiger partial charge in [-0.3, -0.25) is 4.98 Å². The number of H-pyrrole nitrogens is 1. The number of carbonyl (C=O) groups is 1. The van der Waals surface area contributed by atoms with Crippen LogP contribution < -0.4 is 16.4 Å². The number of benzene rings is 2. The lowest BCUT2D eigenvalue weighted by Crippen LogP contribution is -2.21. The molecule has 0 amide bonds. The van der Waals surface area contributed by atoms with Crippen LogP contribution in [-0.2, 0) is 4.79 Å². The number of aliphatic carboxylic acids is 1. The molecule has 0 aliphatic carbocycles. The Morgan fingerprint density at radius 1 is 1.06 bits per heavy atom. The summed E-state index contributed by atoms with van der Waals surface area (Å²) in [4.78, 5) is 30.9. The molecular weight excluding hydrogens is 493 g/mol. The second-order valence-electron chi connectivity index (χ2n) is 6.33. The average molecular weight is 504 g/mol. The van der Waals surface area contributed by atoms with Crippen molar-refractivity contribution in [2.24, 2.45) is 0 Å². The third-order valence-corrected chi connectivity index (χ3v) is 4.06. The third kappa shape index (κ3) is 6.41. The van der Waals surface area contributed by atoms with Crippen molar-refractivity contribution in [3.63, 3.8) is 0 Å². The topological polar surface area (TPSA) is 133 Å². The highest BCUT2D eigenvalue weighted by Crippen LogP contribution is 2.26. The Kier molecular flexibility index (Phi) is 7.00. The van der Waals surface area contributed by atoms with Crippen LogP contribution >= 0.6 is 11.6 Å². The van der Waals surface area contributed by atoms with Gasteiger partial charge in [-0.1, -0.05) is 11.6 Å². The van der Waals surface area contributed by atoms with Gasteiger partial charge in [0, 0.05) is 17.4 Å². The molecule has 0 saturated heterocycles. The number of anilines is 4. The molecular formula is C19H11ClF5N5O4. The van der Waals surface area contributed by atoms with Crippen molar-refractivity contribution in [1.82, 2.24) is 15.0 Å². The number of carboxylic acid groups (broad SMARTS) is 1. The van der Waals surface area contributed by atoms with Crippen molar-refractivity contribution >= 4 is 51.8 Å². The first-order chi connectivity index (χ1) is 15.9. The number of oxazole rings is 1. The highest BCUT2D eigenvalue weighted by molar-refractivity contribution is 6.32. The molecule has 0 aliphatic rings. The van der Waals surface area contributed by atoms with E-state index < -0.39 is 29.5 Å². The maximum Gasteiger partial charge on any atom is 0.490 e. The number of nitrogens with zero attached hydrogens (tertiary/aromatic N) is 2. The molecule has 178 valence electrons. The number of hydrogen-bond acceptors (Lipinski definition) is 7. The highest BCUT2D eigenvalue weighted by Gasteiger charge is 2.38. The number of fused-ring (bicyclic) bond motifs is 1. The van der Waals surface area contributed by atoms with E-state index in [-0.39, 0.29) is 22.5 Å². The molecule has 0 fully saturated rings. The van der Waals surface area contributed by atoms with E-state index in [0.717, 1.165) is 18.2 Å². The van der Waals surface area contributed by atoms with Crippen molar-refractivity contribution in [3.05, 3.63) is 69.8 Å². The lowest BCUT2D eigenvalue weighted by Gasteiger charge is -2.10. The molecule has 4 rings (SSSR count). The normalized spacial score (nSPS) is 11.0. The second kappa shape index (κ2) is 9.74. The van der Waals surface area contributed by atoms with Crippen molar-refractivity contribution in [1.29, 1.82) is 0 Å². The van der Waals surface area contributed by atoms with Crippen LogP contribution in [-0.4, -0.2) is 32.2 Å². The van der Waals surface area contributed by atoms with Crippen LogP contribution in [0.25, 0.3) is 11.1 Å².